The monoisotopic (exact) mass is 311 g/mol. The van der Waals surface area contributed by atoms with Gasteiger partial charge < -0.3 is 24.6 Å². The number of carbonyl (C=O) groups excluding carboxylic acids is 1. The first-order valence-electron chi connectivity index (χ1n) is 6.86. The molecular formula is C15H21NO6. The van der Waals surface area contributed by atoms with Crippen LogP contribution in [0.1, 0.15) is 24.2 Å². The second-order valence-corrected chi connectivity index (χ2v) is 4.73. The minimum atomic E-state index is -1.04. The average molecular weight is 311 g/mol. The van der Waals surface area contributed by atoms with Crippen LogP contribution in [-0.4, -0.2) is 50.0 Å². The lowest BCUT2D eigenvalue weighted by molar-refractivity contribution is -0.142. The molecule has 0 aliphatic carbocycles. The Morgan fingerprint density at radius 2 is 2.00 bits per heavy atom. The van der Waals surface area contributed by atoms with Crippen molar-refractivity contribution in [3.8, 4) is 11.5 Å². The Labute approximate surface area is 129 Å². The predicted molar refractivity (Wildman–Crippen MR) is 79.5 cm³/mol. The van der Waals surface area contributed by atoms with Gasteiger partial charge in [0.15, 0.2) is 11.5 Å². The fourth-order valence-electron chi connectivity index (χ4n) is 1.66. The highest BCUT2D eigenvalue weighted by Gasteiger charge is 2.11. The van der Waals surface area contributed by atoms with Crippen molar-refractivity contribution in [1.82, 2.24) is 5.32 Å². The highest BCUT2D eigenvalue weighted by atomic mass is 16.5. The zero-order valence-corrected chi connectivity index (χ0v) is 12.9. The molecule has 1 aromatic carbocycles. The summed E-state index contributed by atoms with van der Waals surface area (Å²) in [5, 5.41) is 11.0. The smallest absolute Gasteiger partial charge is 0.329 e. The van der Waals surface area contributed by atoms with E-state index in [9.17, 15) is 9.59 Å². The van der Waals surface area contributed by atoms with Crippen molar-refractivity contribution < 1.29 is 28.9 Å². The van der Waals surface area contributed by atoms with Gasteiger partial charge in [0.25, 0.3) is 5.91 Å². The lowest BCUT2D eigenvalue weighted by Crippen LogP contribution is -2.28. The van der Waals surface area contributed by atoms with E-state index >= 15 is 0 Å². The van der Waals surface area contributed by atoms with E-state index in [1.807, 2.05) is 13.8 Å². The zero-order chi connectivity index (χ0) is 16.5. The highest BCUT2D eigenvalue weighted by molar-refractivity contribution is 5.94. The zero-order valence-electron chi connectivity index (χ0n) is 12.9. The summed E-state index contributed by atoms with van der Waals surface area (Å²) in [7, 11) is 1.50. The van der Waals surface area contributed by atoms with Gasteiger partial charge >= 0.3 is 5.97 Å². The van der Waals surface area contributed by atoms with Crippen LogP contribution in [0, 0.1) is 0 Å². The van der Waals surface area contributed by atoms with Gasteiger partial charge in [0.1, 0.15) is 6.61 Å². The Morgan fingerprint density at radius 1 is 1.27 bits per heavy atom. The van der Waals surface area contributed by atoms with Crippen LogP contribution in [0.4, 0.5) is 0 Å². The summed E-state index contributed by atoms with van der Waals surface area (Å²) in [6, 6.07) is 4.90. The Morgan fingerprint density at radius 3 is 2.59 bits per heavy atom. The summed E-state index contributed by atoms with van der Waals surface area (Å²) < 4.78 is 15.6. The van der Waals surface area contributed by atoms with E-state index in [2.05, 4.69) is 5.32 Å². The molecule has 0 spiro atoms. The Balaban J connectivity index is 2.56. The SMILES string of the molecule is COc1cc(C(=O)NCCOCC(=O)O)ccc1OC(C)C. The lowest BCUT2D eigenvalue weighted by atomic mass is 10.2. The molecule has 1 aromatic rings. The van der Waals surface area contributed by atoms with Gasteiger partial charge in [-0.05, 0) is 32.0 Å². The van der Waals surface area contributed by atoms with Crippen LogP contribution in [0.15, 0.2) is 18.2 Å². The molecule has 1 rings (SSSR count). The van der Waals surface area contributed by atoms with Crippen molar-refractivity contribution in [2.45, 2.75) is 20.0 Å². The second kappa shape index (κ2) is 8.89. The van der Waals surface area contributed by atoms with Crippen molar-refractivity contribution in [2.24, 2.45) is 0 Å². The average Bonchev–Trinajstić information content (AvgIpc) is 2.46. The molecule has 0 heterocycles. The Hall–Kier alpha value is -2.28. The molecule has 22 heavy (non-hydrogen) atoms. The first-order chi connectivity index (χ1) is 10.4. The maximum Gasteiger partial charge on any atom is 0.329 e. The van der Waals surface area contributed by atoms with Crippen molar-refractivity contribution >= 4 is 11.9 Å². The number of nitrogens with one attached hydrogen (secondary N) is 1. The van der Waals surface area contributed by atoms with E-state index in [0.29, 0.717) is 17.1 Å². The third-order valence-corrected chi connectivity index (χ3v) is 2.55. The number of benzene rings is 1. The largest absolute Gasteiger partial charge is 0.493 e. The number of hydrogen-bond donors (Lipinski definition) is 2. The summed E-state index contributed by atoms with van der Waals surface area (Å²) in [5.41, 5.74) is 0.422. The number of methoxy groups -OCH3 is 1. The number of hydrogen-bond acceptors (Lipinski definition) is 5. The van der Waals surface area contributed by atoms with Gasteiger partial charge in [0.05, 0.1) is 19.8 Å². The van der Waals surface area contributed by atoms with Gasteiger partial charge in [-0.3, -0.25) is 4.79 Å². The molecule has 0 fully saturated rings. The van der Waals surface area contributed by atoms with Crippen LogP contribution in [0.25, 0.3) is 0 Å². The van der Waals surface area contributed by atoms with E-state index in [1.165, 1.54) is 7.11 Å². The molecule has 1 amide bonds. The molecular weight excluding hydrogens is 290 g/mol. The topological polar surface area (TPSA) is 94.1 Å². The van der Waals surface area contributed by atoms with E-state index < -0.39 is 5.97 Å². The number of carboxylic acids is 1. The number of rotatable bonds is 9. The standard InChI is InChI=1S/C15H21NO6/c1-10(2)22-12-5-4-11(8-13(12)20-3)15(19)16-6-7-21-9-14(17)18/h4-5,8,10H,6-7,9H2,1-3H3,(H,16,19)(H,17,18). The van der Waals surface area contributed by atoms with Crippen LogP contribution < -0.4 is 14.8 Å². The molecule has 0 aliphatic heterocycles. The molecule has 0 radical (unpaired) electrons. The van der Waals surface area contributed by atoms with Gasteiger partial charge in [-0.1, -0.05) is 0 Å². The van der Waals surface area contributed by atoms with Crippen LogP contribution >= 0.6 is 0 Å². The van der Waals surface area contributed by atoms with Gasteiger partial charge in [-0.2, -0.15) is 0 Å². The third kappa shape index (κ3) is 6.01. The van der Waals surface area contributed by atoms with Crippen molar-refractivity contribution in [2.75, 3.05) is 26.9 Å². The van der Waals surface area contributed by atoms with Crippen LogP contribution in [0.5, 0.6) is 11.5 Å². The van der Waals surface area contributed by atoms with Gasteiger partial charge in [0, 0.05) is 12.1 Å². The molecule has 7 nitrogen and oxygen atoms in total. The third-order valence-electron chi connectivity index (χ3n) is 2.55. The first-order valence-corrected chi connectivity index (χ1v) is 6.86. The van der Waals surface area contributed by atoms with Crippen molar-refractivity contribution in [3.63, 3.8) is 0 Å². The minimum absolute atomic E-state index is 0.0000365. The molecule has 0 saturated carbocycles. The number of carboxylic acid groups (broad SMARTS) is 1. The Bertz CT molecular complexity index is 515. The van der Waals surface area contributed by atoms with Crippen LogP contribution in [-0.2, 0) is 9.53 Å². The summed E-state index contributed by atoms with van der Waals surface area (Å²) in [6.07, 6.45) is -0.0000365. The van der Waals surface area contributed by atoms with Crippen molar-refractivity contribution in [3.05, 3.63) is 23.8 Å². The maximum absolute atomic E-state index is 12.0. The molecule has 0 aromatic heterocycles. The van der Waals surface area contributed by atoms with E-state index in [4.69, 9.17) is 19.3 Å². The molecule has 0 bridgehead atoms. The van der Waals surface area contributed by atoms with Crippen LogP contribution in [0.2, 0.25) is 0 Å². The summed E-state index contributed by atoms with van der Waals surface area (Å²) in [6.45, 7) is 3.77. The molecule has 2 N–H and O–H groups in total. The fourth-order valence-corrected chi connectivity index (χ4v) is 1.66. The van der Waals surface area contributed by atoms with Gasteiger partial charge in [-0.25, -0.2) is 4.79 Å². The van der Waals surface area contributed by atoms with Gasteiger partial charge in [0.2, 0.25) is 0 Å². The number of carbonyl (C=O) groups is 2. The molecule has 0 atom stereocenters. The van der Waals surface area contributed by atoms with Crippen LogP contribution in [0.3, 0.4) is 0 Å². The highest BCUT2D eigenvalue weighted by Crippen LogP contribution is 2.28. The summed E-state index contributed by atoms with van der Waals surface area (Å²) >= 11 is 0. The molecule has 0 unspecified atom stereocenters. The lowest BCUT2D eigenvalue weighted by Gasteiger charge is -2.14. The maximum atomic E-state index is 12.0. The first kappa shape index (κ1) is 17.8. The summed E-state index contributed by atoms with van der Waals surface area (Å²) in [4.78, 5) is 22.2. The Kier molecular flexibility index (Phi) is 7.18. The number of ether oxygens (including phenoxy) is 3. The molecule has 122 valence electrons. The predicted octanol–water partition coefficient (Wildman–Crippen LogP) is 1.31. The normalized spacial score (nSPS) is 10.4. The van der Waals surface area contributed by atoms with E-state index in [0.717, 1.165) is 0 Å². The molecule has 0 saturated heterocycles. The fraction of sp³-hybridized carbons (Fsp3) is 0.467. The summed E-state index contributed by atoms with van der Waals surface area (Å²) in [5.74, 6) is -0.299. The molecule has 0 aliphatic rings. The number of amides is 1. The quantitative estimate of drug-likeness (QED) is 0.668. The molecule has 7 heteroatoms. The minimum Gasteiger partial charge on any atom is -0.493 e. The van der Waals surface area contributed by atoms with Gasteiger partial charge in [-0.15, -0.1) is 0 Å². The van der Waals surface area contributed by atoms with E-state index in [1.54, 1.807) is 18.2 Å². The number of aliphatic carboxylic acids is 1. The second-order valence-electron chi connectivity index (χ2n) is 4.73. The van der Waals surface area contributed by atoms with E-state index in [-0.39, 0.29) is 31.8 Å². The van der Waals surface area contributed by atoms with Crippen molar-refractivity contribution in [1.29, 1.82) is 0 Å².